The van der Waals surface area contributed by atoms with Crippen LogP contribution in [0.15, 0.2) is 12.1 Å². The molecule has 1 saturated carbocycles. The Hall–Kier alpha value is -1.22. The highest BCUT2D eigenvalue weighted by molar-refractivity contribution is 5.49. The molecule has 0 unspecified atom stereocenters. The first-order chi connectivity index (χ1) is 7.87. The third kappa shape index (κ3) is 2.00. The van der Waals surface area contributed by atoms with E-state index in [-0.39, 0.29) is 0 Å². The Kier molecular flexibility index (Phi) is 2.03. The summed E-state index contributed by atoms with van der Waals surface area (Å²) in [4.78, 5) is 0. The van der Waals surface area contributed by atoms with Gasteiger partial charge in [0.15, 0.2) is 11.5 Å². The lowest BCUT2D eigenvalue weighted by molar-refractivity contribution is -0.0431. The van der Waals surface area contributed by atoms with Gasteiger partial charge in [0.05, 0.1) is 5.60 Å². The minimum atomic E-state index is -0.579. The number of hydrogen-bond acceptors (Lipinski definition) is 3. The van der Waals surface area contributed by atoms with E-state index in [2.05, 4.69) is 6.92 Å². The molecule has 2 aliphatic rings. The van der Waals surface area contributed by atoms with Crippen LogP contribution in [0.25, 0.3) is 0 Å². The van der Waals surface area contributed by atoms with Gasteiger partial charge in [-0.05, 0) is 43.0 Å². The zero-order valence-corrected chi connectivity index (χ0v) is 10.5. The van der Waals surface area contributed by atoms with Gasteiger partial charge in [0, 0.05) is 20.3 Å². The number of aryl methyl sites for hydroxylation is 1. The molecule has 3 rings (SSSR count). The molecule has 3 heteroatoms. The molecule has 0 bridgehead atoms. The summed E-state index contributed by atoms with van der Waals surface area (Å²) in [6.07, 6.45) is 2.54. The fourth-order valence-corrected chi connectivity index (χ4v) is 2.28. The molecule has 0 radical (unpaired) electrons. The van der Waals surface area contributed by atoms with Crippen LogP contribution in [0.1, 0.15) is 37.8 Å². The largest absolute Gasteiger partial charge is 0.449 e. The van der Waals surface area contributed by atoms with Crippen molar-refractivity contribution in [3.05, 3.63) is 23.3 Å². The summed E-state index contributed by atoms with van der Waals surface area (Å²) >= 11 is 0. The van der Waals surface area contributed by atoms with Crippen molar-refractivity contribution in [2.24, 2.45) is 0 Å². The Labute approximate surface area is 101 Å². The molecule has 1 aliphatic carbocycles. The van der Waals surface area contributed by atoms with E-state index in [0.29, 0.717) is 0 Å². The van der Waals surface area contributed by atoms with Gasteiger partial charge in [0.1, 0.15) is 0 Å². The third-order valence-corrected chi connectivity index (χ3v) is 3.46. The van der Waals surface area contributed by atoms with Crippen LogP contribution < -0.4 is 9.47 Å². The minimum Gasteiger partial charge on any atom is -0.449 e. The maximum atomic E-state index is 9.99. The first-order valence-corrected chi connectivity index (χ1v) is 6.11. The lowest BCUT2D eigenvalue weighted by Crippen LogP contribution is -2.29. The highest BCUT2D eigenvalue weighted by Crippen LogP contribution is 2.44. The molecule has 1 N–H and O–H groups in total. The van der Waals surface area contributed by atoms with E-state index in [4.69, 9.17) is 9.47 Å². The van der Waals surface area contributed by atoms with Crippen molar-refractivity contribution in [3.63, 3.8) is 0 Å². The van der Waals surface area contributed by atoms with E-state index in [1.165, 1.54) is 0 Å². The van der Waals surface area contributed by atoms with Crippen molar-refractivity contribution in [3.8, 4) is 11.5 Å². The smallest absolute Gasteiger partial charge is 0.246 e. The second-order valence-corrected chi connectivity index (χ2v) is 5.73. The van der Waals surface area contributed by atoms with Crippen molar-refractivity contribution in [1.29, 1.82) is 0 Å². The Bertz CT molecular complexity index is 473. The van der Waals surface area contributed by atoms with E-state index < -0.39 is 11.4 Å². The number of benzene rings is 1. The first-order valence-electron chi connectivity index (χ1n) is 6.11. The van der Waals surface area contributed by atoms with E-state index in [1.54, 1.807) is 0 Å². The average molecular weight is 234 g/mol. The maximum absolute atomic E-state index is 9.99. The van der Waals surface area contributed by atoms with Crippen LogP contribution in [0.4, 0.5) is 0 Å². The van der Waals surface area contributed by atoms with Crippen molar-refractivity contribution in [2.45, 2.75) is 51.4 Å². The molecule has 0 saturated heterocycles. The summed E-state index contributed by atoms with van der Waals surface area (Å²) in [5.41, 5.74) is 1.85. The SMILES string of the molecule is Cc1cc2c(cc1CC1(O)CC1)OC(C)(C)O2. The van der Waals surface area contributed by atoms with Crippen LogP contribution in [0.2, 0.25) is 0 Å². The molecule has 1 heterocycles. The Morgan fingerprint density at radius 1 is 1.18 bits per heavy atom. The van der Waals surface area contributed by atoms with Crippen molar-refractivity contribution in [2.75, 3.05) is 0 Å². The van der Waals surface area contributed by atoms with Gasteiger partial charge < -0.3 is 14.6 Å². The molecular weight excluding hydrogens is 216 g/mol. The number of ether oxygens (including phenoxy) is 2. The molecule has 92 valence electrons. The summed E-state index contributed by atoms with van der Waals surface area (Å²) in [6.45, 7) is 5.85. The summed E-state index contributed by atoms with van der Waals surface area (Å²) in [7, 11) is 0. The standard InChI is InChI=1S/C14H18O3/c1-9-6-11-12(17-13(2,3)16-11)7-10(9)8-14(15)4-5-14/h6-7,15H,4-5,8H2,1-3H3. The highest BCUT2D eigenvalue weighted by atomic mass is 16.7. The van der Waals surface area contributed by atoms with Crippen LogP contribution in [-0.4, -0.2) is 16.5 Å². The number of hydrogen-bond donors (Lipinski definition) is 1. The predicted molar refractivity (Wildman–Crippen MR) is 64.4 cm³/mol. The normalized spacial score (nSPS) is 22.6. The topological polar surface area (TPSA) is 38.7 Å². The lowest BCUT2D eigenvalue weighted by Gasteiger charge is -2.16. The van der Waals surface area contributed by atoms with Crippen LogP contribution in [0.5, 0.6) is 11.5 Å². The monoisotopic (exact) mass is 234 g/mol. The average Bonchev–Trinajstić information content (AvgIpc) is 2.82. The first kappa shape index (κ1) is 10.9. The molecule has 1 aromatic rings. The van der Waals surface area contributed by atoms with Crippen LogP contribution in [0.3, 0.4) is 0 Å². The van der Waals surface area contributed by atoms with Crippen LogP contribution in [0, 0.1) is 6.92 Å². The fourth-order valence-electron chi connectivity index (χ4n) is 2.28. The Morgan fingerprint density at radius 3 is 2.35 bits per heavy atom. The van der Waals surface area contributed by atoms with Gasteiger partial charge in [-0.25, -0.2) is 0 Å². The molecule has 17 heavy (non-hydrogen) atoms. The van der Waals surface area contributed by atoms with Gasteiger partial charge in [0.25, 0.3) is 0 Å². The van der Waals surface area contributed by atoms with E-state index in [9.17, 15) is 5.11 Å². The van der Waals surface area contributed by atoms with Gasteiger partial charge in [-0.3, -0.25) is 0 Å². The Morgan fingerprint density at radius 2 is 1.76 bits per heavy atom. The number of rotatable bonds is 2. The van der Waals surface area contributed by atoms with Gasteiger partial charge in [0.2, 0.25) is 5.79 Å². The molecule has 3 nitrogen and oxygen atoms in total. The predicted octanol–water partition coefficient (Wildman–Crippen LogP) is 2.57. The van der Waals surface area contributed by atoms with Gasteiger partial charge >= 0.3 is 0 Å². The summed E-state index contributed by atoms with van der Waals surface area (Å²) in [6, 6.07) is 4.01. The number of fused-ring (bicyclic) bond motifs is 1. The summed E-state index contributed by atoms with van der Waals surface area (Å²) in [5.74, 6) is 1.02. The zero-order chi connectivity index (χ0) is 12.3. The van der Waals surface area contributed by atoms with Gasteiger partial charge in [-0.2, -0.15) is 0 Å². The van der Waals surface area contributed by atoms with Crippen LogP contribution in [-0.2, 0) is 6.42 Å². The molecule has 1 fully saturated rings. The zero-order valence-electron chi connectivity index (χ0n) is 10.5. The molecule has 1 aliphatic heterocycles. The molecule has 0 amide bonds. The molecule has 1 aromatic carbocycles. The maximum Gasteiger partial charge on any atom is 0.246 e. The minimum absolute atomic E-state index is 0.464. The molecular formula is C14H18O3. The number of aliphatic hydroxyl groups is 1. The van der Waals surface area contributed by atoms with E-state index in [1.807, 2.05) is 26.0 Å². The second kappa shape index (κ2) is 3.16. The quantitative estimate of drug-likeness (QED) is 0.854. The molecule has 0 spiro atoms. The van der Waals surface area contributed by atoms with E-state index >= 15 is 0 Å². The summed E-state index contributed by atoms with van der Waals surface area (Å²) in [5, 5.41) is 9.99. The second-order valence-electron chi connectivity index (χ2n) is 5.73. The molecule has 0 atom stereocenters. The van der Waals surface area contributed by atoms with Crippen LogP contribution >= 0.6 is 0 Å². The Balaban J connectivity index is 1.92. The van der Waals surface area contributed by atoms with Crippen molar-refractivity contribution < 1.29 is 14.6 Å². The molecule has 0 aromatic heterocycles. The highest BCUT2D eigenvalue weighted by Gasteiger charge is 2.41. The fraction of sp³-hybridized carbons (Fsp3) is 0.571. The van der Waals surface area contributed by atoms with E-state index in [0.717, 1.165) is 41.9 Å². The summed E-state index contributed by atoms with van der Waals surface area (Å²) < 4.78 is 11.4. The van der Waals surface area contributed by atoms with Gasteiger partial charge in [-0.15, -0.1) is 0 Å². The third-order valence-electron chi connectivity index (χ3n) is 3.46. The van der Waals surface area contributed by atoms with Crippen molar-refractivity contribution in [1.82, 2.24) is 0 Å². The lowest BCUT2D eigenvalue weighted by atomic mass is 10.0. The van der Waals surface area contributed by atoms with Crippen molar-refractivity contribution >= 4 is 0 Å². The van der Waals surface area contributed by atoms with Gasteiger partial charge in [-0.1, -0.05) is 0 Å².